The minimum Gasteiger partial charge on any atom is -0.389 e. The van der Waals surface area contributed by atoms with Crippen LogP contribution in [0.15, 0.2) is 11.1 Å². The Morgan fingerprint density at radius 2 is 2.08 bits per heavy atom. The Labute approximate surface area is 81.9 Å². The summed E-state index contributed by atoms with van der Waals surface area (Å²) in [6.45, 7) is 8.80. The lowest BCUT2D eigenvalue weighted by Gasteiger charge is -2.22. The zero-order chi connectivity index (χ0) is 10.1. The Bertz CT molecular complexity index is 213. The van der Waals surface area contributed by atoms with Crippen molar-refractivity contribution in [3.63, 3.8) is 0 Å². The molecule has 1 N–H and O–H groups in total. The standard InChI is InChI=1S/C12H22O/c1-5-6-7-10-9(2)11(13)8-12(10,3)4/h11,13H,5-8H2,1-4H3/t11-/m0/s1. The molecular formula is C12H22O. The van der Waals surface area contributed by atoms with Crippen LogP contribution in [0.3, 0.4) is 0 Å². The van der Waals surface area contributed by atoms with Gasteiger partial charge in [0.2, 0.25) is 0 Å². The van der Waals surface area contributed by atoms with Crippen LogP contribution in [0.4, 0.5) is 0 Å². The van der Waals surface area contributed by atoms with Gasteiger partial charge in [0.05, 0.1) is 6.10 Å². The Kier molecular flexibility index (Phi) is 3.18. The Morgan fingerprint density at radius 1 is 1.46 bits per heavy atom. The molecule has 0 saturated heterocycles. The van der Waals surface area contributed by atoms with Gasteiger partial charge in [-0.2, -0.15) is 0 Å². The summed E-state index contributed by atoms with van der Waals surface area (Å²) in [6, 6.07) is 0. The van der Waals surface area contributed by atoms with E-state index in [9.17, 15) is 5.11 Å². The van der Waals surface area contributed by atoms with Crippen LogP contribution >= 0.6 is 0 Å². The highest BCUT2D eigenvalue weighted by molar-refractivity contribution is 5.29. The van der Waals surface area contributed by atoms with Crippen molar-refractivity contribution in [3.05, 3.63) is 11.1 Å². The molecule has 1 heteroatoms. The van der Waals surface area contributed by atoms with Gasteiger partial charge in [-0.25, -0.2) is 0 Å². The van der Waals surface area contributed by atoms with Crippen LogP contribution in [0, 0.1) is 5.41 Å². The minimum absolute atomic E-state index is 0.179. The van der Waals surface area contributed by atoms with Gasteiger partial charge in [-0.05, 0) is 37.2 Å². The van der Waals surface area contributed by atoms with E-state index in [4.69, 9.17) is 0 Å². The average Bonchev–Trinajstić information content (AvgIpc) is 2.20. The monoisotopic (exact) mass is 182 g/mol. The molecule has 1 atom stereocenters. The fourth-order valence-corrected chi connectivity index (χ4v) is 2.38. The maximum absolute atomic E-state index is 9.75. The van der Waals surface area contributed by atoms with Crippen molar-refractivity contribution in [2.24, 2.45) is 5.41 Å². The minimum atomic E-state index is -0.179. The van der Waals surface area contributed by atoms with Gasteiger partial charge in [0.25, 0.3) is 0 Å². The third kappa shape index (κ3) is 2.14. The van der Waals surface area contributed by atoms with Gasteiger partial charge in [-0.3, -0.25) is 0 Å². The van der Waals surface area contributed by atoms with Gasteiger partial charge < -0.3 is 5.11 Å². The molecule has 1 aliphatic carbocycles. The number of unbranched alkanes of at least 4 members (excludes halogenated alkanes) is 1. The van der Waals surface area contributed by atoms with Gasteiger partial charge in [0.1, 0.15) is 0 Å². The number of aliphatic hydroxyl groups excluding tert-OH is 1. The smallest absolute Gasteiger partial charge is 0.0758 e. The highest BCUT2D eigenvalue weighted by atomic mass is 16.3. The van der Waals surface area contributed by atoms with Crippen molar-refractivity contribution >= 4 is 0 Å². The number of rotatable bonds is 3. The molecule has 1 rings (SSSR count). The molecule has 0 amide bonds. The van der Waals surface area contributed by atoms with E-state index >= 15 is 0 Å². The molecule has 0 aromatic rings. The number of aliphatic hydroxyl groups is 1. The highest BCUT2D eigenvalue weighted by Gasteiger charge is 2.35. The van der Waals surface area contributed by atoms with Crippen molar-refractivity contribution in [1.29, 1.82) is 0 Å². The van der Waals surface area contributed by atoms with Crippen LogP contribution in [0.25, 0.3) is 0 Å². The second-order valence-corrected chi connectivity index (χ2v) is 4.87. The van der Waals surface area contributed by atoms with Gasteiger partial charge in [-0.15, -0.1) is 0 Å². The predicted molar refractivity (Wildman–Crippen MR) is 56.6 cm³/mol. The molecule has 0 heterocycles. The third-order valence-corrected chi connectivity index (χ3v) is 3.28. The first-order valence-corrected chi connectivity index (χ1v) is 5.37. The Hall–Kier alpha value is -0.300. The van der Waals surface area contributed by atoms with E-state index < -0.39 is 0 Å². The van der Waals surface area contributed by atoms with E-state index in [2.05, 4.69) is 27.7 Å². The van der Waals surface area contributed by atoms with Crippen LogP contribution in [0.2, 0.25) is 0 Å². The van der Waals surface area contributed by atoms with E-state index in [-0.39, 0.29) is 11.5 Å². The molecule has 13 heavy (non-hydrogen) atoms. The van der Waals surface area contributed by atoms with Crippen LogP contribution in [-0.2, 0) is 0 Å². The van der Waals surface area contributed by atoms with E-state index in [1.807, 2.05) is 0 Å². The van der Waals surface area contributed by atoms with Crippen molar-refractivity contribution < 1.29 is 5.11 Å². The first kappa shape index (κ1) is 10.8. The lowest BCUT2D eigenvalue weighted by atomic mass is 9.83. The summed E-state index contributed by atoms with van der Waals surface area (Å²) in [4.78, 5) is 0. The Balaban J connectivity index is 2.76. The lowest BCUT2D eigenvalue weighted by Crippen LogP contribution is -2.12. The van der Waals surface area contributed by atoms with Crippen LogP contribution in [-0.4, -0.2) is 11.2 Å². The molecule has 0 spiro atoms. The molecule has 0 bridgehead atoms. The van der Waals surface area contributed by atoms with E-state index in [1.54, 1.807) is 0 Å². The van der Waals surface area contributed by atoms with Crippen molar-refractivity contribution in [2.45, 2.75) is 59.5 Å². The van der Waals surface area contributed by atoms with Crippen molar-refractivity contribution in [3.8, 4) is 0 Å². The zero-order valence-corrected chi connectivity index (χ0v) is 9.35. The number of allylic oxidation sites excluding steroid dienone is 1. The molecule has 0 aromatic carbocycles. The molecule has 0 saturated carbocycles. The van der Waals surface area contributed by atoms with Crippen LogP contribution in [0.5, 0.6) is 0 Å². The number of hydrogen-bond acceptors (Lipinski definition) is 1. The fourth-order valence-electron chi connectivity index (χ4n) is 2.38. The second kappa shape index (κ2) is 3.83. The third-order valence-electron chi connectivity index (χ3n) is 3.28. The van der Waals surface area contributed by atoms with E-state index in [1.165, 1.54) is 30.4 Å². The molecule has 0 aliphatic heterocycles. The van der Waals surface area contributed by atoms with Crippen molar-refractivity contribution in [2.75, 3.05) is 0 Å². The molecule has 1 nitrogen and oxygen atoms in total. The average molecular weight is 182 g/mol. The van der Waals surface area contributed by atoms with Crippen LogP contribution in [0.1, 0.15) is 53.4 Å². The van der Waals surface area contributed by atoms with Gasteiger partial charge in [0.15, 0.2) is 0 Å². The van der Waals surface area contributed by atoms with Gasteiger partial charge in [-0.1, -0.05) is 32.8 Å². The molecule has 76 valence electrons. The van der Waals surface area contributed by atoms with Gasteiger partial charge >= 0.3 is 0 Å². The van der Waals surface area contributed by atoms with E-state index in [0.717, 1.165) is 6.42 Å². The molecule has 1 aliphatic rings. The SMILES string of the molecule is CCCCC1=C(C)[C@@H](O)CC1(C)C. The Morgan fingerprint density at radius 3 is 2.46 bits per heavy atom. The molecule has 0 radical (unpaired) electrons. The predicted octanol–water partition coefficient (Wildman–Crippen LogP) is 3.28. The summed E-state index contributed by atoms with van der Waals surface area (Å²) in [5.41, 5.74) is 2.97. The topological polar surface area (TPSA) is 20.2 Å². The first-order chi connectivity index (χ1) is 5.99. The fraction of sp³-hybridized carbons (Fsp3) is 0.833. The lowest BCUT2D eigenvalue weighted by molar-refractivity contribution is 0.182. The molecule has 0 fully saturated rings. The zero-order valence-electron chi connectivity index (χ0n) is 9.35. The van der Waals surface area contributed by atoms with Gasteiger partial charge in [0, 0.05) is 0 Å². The largest absolute Gasteiger partial charge is 0.389 e. The molecular weight excluding hydrogens is 160 g/mol. The maximum atomic E-state index is 9.75. The first-order valence-electron chi connectivity index (χ1n) is 5.37. The summed E-state index contributed by atoms with van der Waals surface area (Å²) in [5.74, 6) is 0. The van der Waals surface area contributed by atoms with E-state index in [0.29, 0.717) is 0 Å². The molecule has 0 aromatic heterocycles. The van der Waals surface area contributed by atoms with Crippen molar-refractivity contribution in [1.82, 2.24) is 0 Å². The summed E-state index contributed by atoms with van der Waals surface area (Å²) in [6.07, 6.45) is 4.40. The highest BCUT2D eigenvalue weighted by Crippen LogP contribution is 2.44. The summed E-state index contributed by atoms with van der Waals surface area (Å²) < 4.78 is 0. The second-order valence-electron chi connectivity index (χ2n) is 4.87. The maximum Gasteiger partial charge on any atom is 0.0758 e. The summed E-state index contributed by atoms with van der Waals surface area (Å²) in [5, 5.41) is 9.75. The van der Waals surface area contributed by atoms with Crippen LogP contribution < -0.4 is 0 Å². The number of hydrogen-bond donors (Lipinski definition) is 1. The molecule has 0 unspecified atom stereocenters. The quantitative estimate of drug-likeness (QED) is 0.664. The normalized spacial score (nSPS) is 27.0. The summed E-state index contributed by atoms with van der Waals surface area (Å²) >= 11 is 0. The summed E-state index contributed by atoms with van der Waals surface area (Å²) in [7, 11) is 0.